The Morgan fingerprint density at radius 1 is 1.26 bits per heavy atom. The summed E-state index contributed by atoms with van der Waals surface area (Å²) in [5.74, 6) is 1.19. The molecule has 1 amide bonds. The molecule has 1 saturated heterocycles. The molecule has 0 spiro atoms. The molecule has 1 aliphatic carbocycles. The van der Waals surface area contributed by atoms with Gasteiger partial charge in [0.1, 0.15) is 0 Å². The van der Waals surface area contributed by atoms with E-state index in [1.165, 1.54) is 12.8 Å². The molecule has 0 aromatic rings. The summed E-state index contributed by atoms with van der Waals surface area (Å²) in [5, 5.41) is 0. The topological polar surface area (TPSA) is 49.6 Å². The maximum atomic E-state index is 12.5. The number of hydrogen-bond donors (Lipinski definition) is 1. The predicted octanol–water partition coefficient (Wildman–Crippen LogP) is 1.24. The largest absolute Gasteiger partial charge is 0.392 e. The first kappa shape index (κ1) is 14.7. The van der Waals surface area contributed by atoms with E-state index in [-0.39, 0.29) is 12.0 Å². The highest BCUT2D eigenvalue weighted by molar-refractivity contribution is 7.80. The van der Waals surface area contributed by atoms with Gasteiger partial charge in [0.05, 0.1) is 11.0 Å². The third-order valence-electron chi connectivity index (χ3n) is 4.76. The molecule has 108 valence electrons. The molecule has 2 aliphatic rings. The van der Waals surface area contributed by atoms with Crippen LogP contribution in [0.4, 0.5) is 0 Å². The van der Waals surface area contributed by atoms with E-state index in [1.807, 2.05) is 11.8 Å². The smallest absolute Gasteiger partial charge is 0.226 e. The van der Waals surface area contributed by atoms with Gasteiger partial charge in [0.25, 0.3) is 0 Å². The minimum absolute atomic E-state index is 0.137. The van der Waals surface area contributed by atoms with E-state index >= 15 is 0 Å². The van der Waals surface area contributed by atoms with Crippen molar-refractivity contribution in [1.82, 2.24) is 9.80 Å². The van der Waals surface area contributed by atoms with Crippen molar-refractivity contribution in [2.75, 3.05) is 26.2 Å². The third-order valence-corrected chi connectivity index (χ3v) is 5.11. The fourth-order valence-corrected chi connectivity index (χ4v) is 3.41. The SMILES string of the molecule is CC1CCCC1C(=O)N1CCN(C(C)C(N)=S)CC1. The molecule has 1 heterocycles. The zero-order valence-corrected chi connectivity index (χ0v) is 12.8. The predicted molar refractivity (Wildman–Crippen MR) is 80.9 cm³/mol. The second-order valence-corrected chi connectivity index (χ2v) is 6.43. The van der Waals surface area contributed by atoms with Crippen LogP contribution in [-0.4, -0.2) is 52.9 Å². The Hall–Kier alpha value is -0.680. The zero-order valence-electron chi connectivity index (χ0n) is 12.0. The lowest BCUT2D eigenvalue weighted by Crippen LogP contribution is -2.55. The van der Waals surface area contributed by atoms with E-state index in [4.69, 9.17) is 18.0 Å². The number of carbonyl (C=O) groups excluding carboxylic acids is 1. The van der Waals surface area contributed by atoms with Crippen molar-refractivity contribution in [3.63, 3.8) is 0 Å². The van der Waals surface area contributed by atoms with Crippen LogP contribution in [0.5, 0.6) is 0 Å². The van der Waals surface area contributed by atoms with E-state index in [0.717, 1.165) is 32.6 Å². The van der Waals surface area contributed by atoms with E-state index < -0.39 is 0 Å². The van der Waals surface area contributed by atoms with Crippen LogP contribution in [0, 0.1) is 11.8 Å². The van der Waals surface area contributed by atoms with Gasteiger partial charge in [-0.25, -0.2) is 0 Å². The highest BCUT2D eigenvalue weighted by Crippen LogP contribution is 2.32. The van der Waals surface area contributed by atoms with Gasteiger partial charge in [-0.3, -0.25) is 9.69 Å². The maximum Gasteiger partial charge on any atom is 0.226 e. The molecular formula is C14H25N3OS. The maximum absolute atomic E-state index is 12.5. The molecule has 0 bridgehead atoms. The average molecular weight is 283 g/mol. The van der Waals surface area contributed by atoms with Crippen LogP contribution in [0.15, 0.2) is 0 Å². The molecule has 2 rings (SSSR count). The molecule has 1 saturated carbocycles. The Morgan fingerprint density at radius 3 is 2.37 bits per heavy atom. The average Bonchev–Trinajstić information content (AvgIpc) is 2.83. The molecule has 5 heteroatoms. The lowest BCUT2D eigenvalue weighted by atomic mass is 9.96. The van der Waals surface area contributed by atoms with Gasteiger partial charge in [-0.05, 0) is 25.7 Å². The Balaban J connectivity index is 1.86. The van der Waals surface area contributed by atoms with E-state index in [2.05, 4.69) is 11.8 Å². The lowest BCUT2D eigenvalue weighted by molar-refractivity contribution is -0.138. The summed E-state index contributed by atoms with van der Waals surface area (Å²) in [4.78, 5) is 17.3. The van der Waals surface area contributed by atoms with Gasteiger partial charge < -0.3 is 10.6 Å². The number of nitrogens with two attached hydrogens (primary N) is 1. The van der Waals surface area contributed by atoms with Crippen molar-refractivity contribution >= 4 is 23.1 Å². The van der Waals surface area contributed by atoms with Crippen molar-refractivity contribution in [1.29, 1.82) is 0 Å². The van der Waals surface area contributed by atoms with Crippen LogP contribution in [0.25, 0.3) is 0 Å². The Bertz CT molecular complexity index is 353. The van der Waals surface area contributed by atoms with Crippen LogP contribution < -0.4 is 5.73 Å². The molecule has 1 aliphatic heterocycles. The van der Waals surface area contributed by atoms with Gasteiger partial charge in [-0.1, -0.05) is 25.6 Å². The fourth-order valence-electron chi connectivity index (χ4n) is 3.26. The van der Waals surface area contributed by atoms with E-state index in [9.17, 15) is 4.79 Å². The van der Waals surface area contributed by atoms with Crippen molar-refractivity contribution in [2.45, 2.75) is 39.2 Å². The Morgan fingerprint density at radius 2 is 1.89 bits per heavy atom. The second-order valence-electron chi connectivity index (χ2n) is 5.95. The van der Waals surface area contributed by atoms with Gasteiger partial charge in [0.15, 0.2) is 0 Å². The third kappa shape index (κ3) is 3.26. The minimum Gasteiger partial charge on any atom is -0.392 e. The van der Waals surface area contributed by atoms with Crippen molar-refractivity contribution < 1.29 is 4.79 Å². The first-order valence-corrected chi connectivity index (χ1v) is 7.73. The fraction of sp³-hybridized carbons (Fsp3) is 0.857. The number of carbonyl (C=O) groups is 1. The molecule has 2 N–H and O–H groups in total. The van der Waals surface area contributed by atoms with Crippen LogP contribution >= 0.6 is 12.2 Å². The molecule has 3 atom stereocenters. The monoisotopic (exact) mass is 283 g/mol. The summed E-state index contributed by atoms with van der Waals surface area (Å²) < 4.78 is 0. The number of piperazine rings is 1. The van der Waals surface area contributed by atoms with E-state index in [0.29, 0.717) is 16.8 Å². The van der Waals surface area contributed by atoms with Gasteiger partial charge in [0, 0.05) is 32.1 Å². The molecule has 0 aromatic heterocycles. The second kappa shape index (κ2) is 6.18. The standard InChI is InChI=1S/C14H25N3OS/c1-10-4-3-5-12(10)14(18)17-8-6-16(7-9-17)11(2)13(15)19/h10-12H,3-9H2,1-2H3,(H2,15,19). The minimum atomic E-state index is 0.137. The summed E-state index contributed by atoms with van der Waals surface area (Å²) >= 11 is 5.04. The zero-order chi connectivity index (χ0) is 14.0. The molecule has 2 fully saturated rings. The van der Waals surface area contributed by atoms with Crippen molar-refractivity contribution in [2.24, 2.45) is 17.6 Å². The van der Waals surface area contributed by atoms with Crippen LogP contribution in [0.2, 0.25) is 0 Å². The Kier molecular flexibility index (Phi) is 4.79. The van der Waals surface area contributed by atoms with Gasteiger partial charge in [0.2, 0.25) is 5.91 Å². The Labute approximate surface area is 121 Å². The van der Waals surface area contributed by atoms with Gasteiger partial charge in [-0.15, -0.1) is 0 Å². The van der Waals surface area contributed by atoms with Crippen LogP contribution in [0.3, 0.4) is 0 Å². The number of nitrogens with zero attached hydrogens (tertiary/aromatic N) is 2. The van der Waals surface area contributed by atoms with Crippen molar-refractivity contribution in [3.8, 4) is 0 Å². The summed E-state index contributed by atoms with van der Waals surface area (Å²) in [5.41, 5.74) is 5.69. The quantitative estimate of drug-likeness (QED) is 0.792. The summed E-state index contributed by atoms with van der Waals surface area (Å²) in [6, 6.07) is 0.137. The normalized spacial score (nSPS) is 30.3. The first-order valence-electron chi connectivity index (χ1n) is 7.33. The molecule has 19 heavy (non-hydrogen) atoms. The highest BCUT2D eigenvalue weighted by Gasteiger charge is 2.34. The number of amides is 1. The van der Waals surface area contributed by atoms with E-state index in [1.54, 1.807) is 0 Å². The number of hydrogen-bond acceptors (Lipinski definition) is 3. The van der Waals surface area contributed by atoms with Crippen LogP contribution in [0.1, 0.15) is 33.1 Å². The first-order chi connectivity index (χ1) is 9.00. The molecule has 3 unspecified atom stereocenters. The molecule has 4 nitrogen and oxygen atoms in total. The number of rotatable bonds is 3. The van der Waals surface area contributed by atoms with Gasteiger partial charge in [-0.2, -0.15) is 0 Å². The summed E-state index contributed by atoms with van der Waals surface area (Å²) in [6.45, 7) is 7.64. The van der Waals surface area contributed by atoms with Gasteiger partial charge >= 0.3 is 0 Å². The molecule has 0 aromatic carbocycles. The molecular weight excluding hydrogens is 258 g/mol. The molecule has 0 radical (unpaired) electrons. The number of thiocarbonyl (C=S) groups is 1. The lowest BCUT2D eigenvalue weighted by Gasteiger charge is -2.39. The van der Waals surface area contributed by atoms with Crippen LogP contribution in [-0.2, 0) is 4.79 Å². The summed E-state index contributed by atoms with van der Waals surface area (Å²) in [6.07, 6.45) is 3.48. The van der Waals surface area contributed by atoms with Crippen molar-refractivity contribution in [3.05, 3.63) is 0 Å². The highest BCUT2D eigenvalue weighted by atomic mass is 32.1. The summed E-state index contributed by atoms with van der Waals surface area (Å²) in [7, 11) is 0.